The molecule has 1 saturated heterocycles. The van der Waals surface area contributed by atoms with Crippen molar-refractivity contribution in [1.29, 1.82) is 0 Å². The number of carbonyl (C=O) groups excluding carboxylic acids is 1. The lowest BCUT2D eigenvalue weighted by atomic mass is 10.2. The molecule has 5 rings (SSSR count). The number of nitrogens with one attached hydrogen (secondary N) is 2. The molecule has 0 radical (unpaired) electrons. The Morgan fingerprint density at radius 3 is 2.67 bits per heavy atom. The standard InChI is InChI=1S/C29H29ClN6O3/c1-20(18-36-12-4-5-13-36)29(37)33-17-24-16-28(39-35-24)26-15-22(9-11-32-26)34-21-7-8-27(25(30)14-21)38-19-23-6-2-3-10-31-23/h2-3,6-11,14-16H,1,4-5,12-13,17-19H2,(H,32,34)(H,33,37). The van der Waals surface area contributed by atoms with E-state index in [2.05, 4.69) is 37.2 Å². The fourth-order valence-corrected chi connectivity index (χ4v) is 4.47. The Morgan fingerprint density at radius 1 is 1.03 bits per heavy atom. The highest BCUT2D eigenvalue weighted by Crippen LogP contribution is 2.30. The highest BCUT2D eigenvalue weighted by molar-refractivity contribution is 6.32. The highest BCUT2D eigenvalue weighted by Gasteiger charge is 2.17. The fourth-order valence-electron chi connectivity index (χ4n) is 4.23. The number of rotatable bonds is 11. The molecule has 1 fully saturated rings. The van der Waals surface area contributed by atoms with Gasteiger partial charge >= 0.3 is 0 Å². The Labute approximate surface area is 231 Å². The molecule has 1 amide bonds. The maximum atomic E-state index is 12.4. The molecule has 39 heavy (non-hydrogen) atoms. The van der Waals surface area contributed by atoms with Crippen LogP contribution in [0, 0.1) is 0 Å². The van der Waals surface area contributed by atoms with E-state index in [0.717, 1.165) is 30.2 Å². The van der Waals surface area contributed by atoms with E-state index in [0.29, 0.717) is 46.6 Å². The Morgan fingerprint density at radius 2 is 1.87 bits per heavy atom. The van der Waals surface area contributed by atoms with Gasteiger partial charge in [0, 0.05) is 42.0 Å². The number of pyridine rings is 2. The Kier molecular flexibility index (Phi) is 8.50. The number of aromatic nitrogens is 3. The molecule has 1 aliphatic rings. The number of benzene rings is 1. The van der Waals surface area contributed by atoms with Crippen molar-refractivity contribution in [3.63, 3.8) is 0 Å². The van der Waals surface area contributed by atoms with Crippen LogP contribution in [0.2, 0.25) is 5.02 Å². The lowest BCUT2D eigenvalue weighted by Crippen LogP contribution is -2.31. The molecule has 0 aliphatic carbocycles. The van der Waals surface area contributed by atoms with Crippen LogP contribution in [0.4, 0.5) is 11.4 Å². The number of halogens is 1. The zero-order valence-electron chi connectivity index (χ0n) is 21.4. The number of hydrogen-bond acceptors (Lipinski definition) is 8. The molecule has 9 nitrogen and oxygen atoms in total. The molecule has 4 aromatic rings. The van der Waals surface area contributed by atoms with Gasteiger partial charge in [-0.3, -0.25) is 19.7 Å². The van der Waals surface area contributed by atoms with Crippen LogP contribution in [0.1, 0.15) is 24.2 Å². The monoisotopic (exact) mass is 544 g/mol. The van der Waals surface area contributed by atoms with Crippen molar-refractivity contribution in [2.24, 2.45) is 0 Å². The van der Waals surface area contributed by atoms with Crippen molar-refractivity contribution < 1.29 is 14.1 Å². The molecule has 3 aromatic heterocycles. The van der Waals surface area contributed by atoms with Crippen molar-refractivity contribution >= 4 is 28.9 Å². The largest absolute Gasteiger partial charge is 0.486 e. The molecule has 1 aromatic carbocycles. The number of carbonyl (C=O) groups is 1. The van der Waals surface area contributed by atoms with Crippen LogP contribution in [0.5, 0.6) is 5.75 Å². The van der Waals surface area contributed by atoms with Crippen molar-refractivity contribution in [2.45, 2.75) is 26.0 Å². The first kappa shape index (κ1) is 26.4. The number of anilines is 2. The second-order valence-electron chi connectivity index (χ2n) is 9.26. The number of likely N-dealkylation sites (tertiary alicyclic amines) is 1. The topological polar surface area (TPSA) is 105 Å². The normalized spacial score (nSPS) is 13.3. The van der Waals surface area contributed by atoms with Crippen LogP contribution < -0.4 is 15.4 Å². The number of nitrogens with zero attached hydrogens (tertiary/aromatic N) is 4. The van der Waals surface area contributed by atoms with Crippen LogP contribution in [0.15, 0.2) is 83.7 Å². The van der Waals surface area contributed by atoms with Gasteiger partial charge in [0.25, 0.3) is 0 Å². The minimum atomic E-state index is -0.178. The summed E-state index contributed by atoms with van der Waals surface area (Å²) in [6.07, 6.45) is 5.74. The minimum Gasteiger partial charge on any atom is -0.486 e. The van der Waals surface area contributed by atoms with E-state index in [4.69, 9.17) is 20.9 Å². The van der Waals surface area contributed by atoms with E-state index in [1.165, 1.54) is 12.8 Å². The van der Waals surface area contributed by atoms with E-state index >= 15 is 0 Å². The summed E-state index contributed by atoms with van der Waals surface area (Å²) in [5.41, 5.74) is 4.15. The van der Waals surface area contributed by atoms with Crippen LogP contribution >= 0.6 is 11.6 Å². The first-order valence-corrected chi connectivity index (χ1v) is 13.1. The molecule has 1 aliphatic heterocycles. The third kappa shape index (κ3) is 7.22. The maximum Gasteiger partial charge on any atom is 0.248 e. The summed E-state index contributed by atoms with van der Waals surface area (Å²) >= 11 is 6.45. The molecule has 0 bridgehead atoms. The zero-order valence-corrected chi connectivity index (χ0v) is 22.2. The van der Waals surface area contributed by atoms with Gasteiger partial charge < -0.3 is 19.9 Å². The number of ether oxygens (including phenoxy) is 1. The second kappa shape index (κ2) is 12.6. The quantitative estimate of drug-likeness (QED) is 0.243. The van der Waals surface area contributed by atoms with Crippen LogP contribution in [-0.4, -0.2) is 45.6 Å². The second-order valence-corrected chi connectivity index (χ2v) is 9.67. The predicted molar refractivity (Wildman–Crippen MR) is 150 cm³/mol. The van der Waals surface area contributed by atoms with Gasteiger partial charge in [-0.2, -0.15) is 0 Å². The number of amides is 1. The molecular formula is C29H29ClN6O3. The Balaban J connectivity index is 1.16. The summed E-state index contributed by atoms with van der Waals surface area (Å²) in [5, 5.41) is 10.7. The summed E-state index contributed by atoms with van der Waals surface area (Å²) in [5.74, 6) is 0.891. The molecule has 4 heterocycles. The lowest BCUT2D eigenvalue weighted by molar-refractivity contribution is -0.117. The van der Waals surface area contributed by atoms with Crippen molar-refractivity contribution in [3.05, 3.63) is 95.6 Å². The molecule has 0 unspecified atom stereocenters. The van der Waals surface area contributed by atoms with E-state index in [1.807, 2.05) is 42.5 Å². The van der Waals surface area contributed by atoms with Crippen LogP contribution in [0.25, 0.3) is 11.5 Å². The van der Waals surface area contributed by atoms with Gasteiger partial charge in [0.2, 0.25) is 5.91 Å². The maximum absolute atomic E-state index is 12.4. The van der Waals surface area contributed by atoms with Gasteiger partial charge in [-0.1, -0.05) is 29.4 Å². The van der Waals surface area contributed by atoms with Crippen LogP contribution in [-0.2, 0) is 17.9 Å². The fraction of sp³-hybridized carbons (Fsp3) is 0.241. The number of hydrogen-bond donors (Lipinski definition) is 2. The summed E-state index contributed by atoms with van der Waals surface area (Å²) in [6.45, 7) is 7.12. The van der Waals surface area contributed by atoms with Gasteiger partial charge in [-0.15, -0.1) is 0 Å². The third-order valence-electron chi connectivity index (χ3n) is 6.26. The van der Waals surface area contributed by atoms with Crippen LogP contribution in [0.3, 0.4) is 0 Å². The first-order chi connectivity index (χ1) is 19.0. The van der Waals surface area contributed by atoms with Crippen molar-refractivity contribution in [3.8, 4) is 17.2 Å². The minimum absolute atomic E-state index is 0.178. The Hall–Kier alpha value is -4.21. The van der Waals surface area contributed by atoms with Gasteiger partial charge in [-0.25, -0.2) is 0 Å². The van der Waals surface area contributed by atoms with Gasteiger partial charge in [-0.05, 0) is 68.4 Å². The van der Waals surface area contributed by atoms with Gasteiger partial charge in [0.15, 0.2) is 5.76 Å². The average molecular weight is 545 g/mol. The summed E-state index contributed by atoms with van der Waals surface area (Å²) in [6, 6.07) is 16.6. The highest BCUT2D eigenvalue weighted by atomic mass is 35.5. The molecule has 10 heteroatoms. The van der Waals surface area contributed by atoms with E-state index in [9.17, 15) is 4.79 Å². The molecule has 0 saturated carbocycles. The van der Waals surface area contributed by atoms with Gasteiger partial charge in [0.05, 0.1) is 17.3 Å². The predicted octanol–water partition coefficient (Wildman–Crippen LogP) is 5.38. The lowest BCUT2D eigenvalue weighted by Gasteiger charge is -2.15. The molecule has 0 atom stereocenters. The summed E-state index contributed by atoms with van der Waals surface area (Å²) in [4.78, 5) is 23.3. The smallest absolute Gasteiger partial charge is 0.248 e. The zero-order chi connectivity index (χ0) is 27.0. The van der Waals surface area contributed by atoms with Crippen molar-refractivity contribution in [2.75, 3.05) is 25.0 Å². The van der Waals surface area contributed by atoms with E-state index in [1.54, 1.807) is 24.5 Å². The summed E-state index contributed by atoms with van der Waals surface area (Å²) < 4.78 is 11.3. The third-order valence-corrected chi connectivity index (χ3v) is 6.55. The van der Waals surface area contributed by atoms with Crippen molar-refractivity contribution in [1.82, 2.24) is 25.3 Å². The molecule has 200 valence electrons. The summed E-state index contributed by atoms with van der Waals surface area (Å²) in [7, 11) is 0. The van der Waals surface area contributed by atoms with E-state index in [-0.39, 0.29) is 12.5 Å². The van der Waals surface area contributed by atoms with E-state index < -0.39 is 0 Å². The SMILES string of the molecule is C=C(CN1CCCC1)C(=O)NCc1cc(-c2cc(Nc3ccc(OCc4ccccn4)c(Cl)c3)ccn2)on1. The average Bonchev–Trinajstić information content (AvgIpc) is 3.64. The molecule has 2 N–H and O–H groups in total. The first-order valence-electron chi connectivity index (χ1n) is 12.7. The molecule has 0 spiro atoms. The van der Waals surface area contributed by atoms with Gasteiger partial charge in [0.1, 0.15) is 23.7 Å². The molecular weight excluding hydrogens is 516 g/mol. The Bertz CT molecular complexity index is 1440.